The fourth-order valence-electron chi connectivity index (χ4n) is 4.38. The fourth-order valence-corrected chi connectivity index (χ4v) is 4.38. The van der Waals surface area contributed by atoms with Gasteiger partial charge in [0.2, 0.25) is 5.88 Å². The molecule has 9 nitrogen and oxygen atoms in total. The number of aromatic amines is 1. The van der Waals surface area contributed by atoms with Gasteiger partial charge >= 0.3 is 12.0 Å². The largest absolute Gasteiger partial charge is 0.481 e. The van der Waals surface area contributed by atoms with Gasteiger partial charge in [0.05, 0.1) is 12.7 Å². The Balaban J connectivity index is 1.26. The van der Waals surface area contributed by atoms with Crippen molar-refractivity contribution in [2.45, 2.75) is 38.2 Å². The Kier molecular flexibility index (Phi) is 6.26. The molecule has 1 aromatic carbocycles. The van der Waals surface area contributed by atoms with Crippen LogP contribution in [0.15, 0.2) is 42.7 Å². The second-order valence-corrected chi connectivity index (χ2v) is 8.61. The van der Waals surface area contributed by atoms with E-state index in [2.05, 4.69) is 24.9 Å². The second kappa shape index (κ2) is 9.65. The maximum Gasteiger partial charge on any atom is 0.316 e. The highest BCUT2D eigenvalue weighted by Gasteiger charge is 2.24. The third-order valence-corrected chi connectivity index (χ3v) is 6.24. The molecule has 35 heavy (non-hydrogen) atoms. The first kappa shape index (κ1) is 22.7. The molecule has 0 aliphatic heterocycles. The Morgan fingerprint density at radius 3 is 2.54 bits per heavy atom. The molecule has 10 heteroatoms. The summed E-state index contributed by atoms with van der Waals surface area (Å²) in [5.74, 6) is -0.170. The van der Waals surface area contributed by atoms with Crippen molar-refractivity contribution in [3.63, 3.8) is 0 Å². The number of carboxylic acids is 1. The lowest BCUT2D eigenvalue weighted by atomic mass is 9.85. The highest BCUT2D eigenvalue weighted by atomic mass is 19.1. The van der Waals surface area contributed by atoms with Crippen molar-refractivity contribution in [2.24, 2.45) is 5.92 Å². The molecule has 0 bridgehead atoms. The number of hydrogen-bond acceptors (Lipinski definition) is 7. The van der Waals surface area contributed by atoms with Gasteiger partial charge in [-0.15, -0.1) is 0 Å². The van der Waals surface area contributed by atoms with E-state index in [1.54, 1.807) is 36.7 Å². The maximum absolute atomic E-state index is 15.0. The quantitative estimate of drug-likeness (QED) is 0.395. The van der Waals surface area contributed by atoms with Crippen LogP contribution in [0.4, 0.5) is 4.39 Å². The molecular weight excluding hydrogens is 453 g/mol. The molecule has 0 radical (unpaired) electrons. The van der Waals surface area contributed by atoms with Crippen molar-refractivity contribution in [3.05, 3.63) is 48.5 Å². The Morgan fingerprint density at radius 1 is 1.09 bits per heavy atom. The number of pyridine rings is 1. The van der Waals surface area contributed by atoms with Gasteiger partial charge in [-0.3, -0.25) is 4.79 Å². The Hall–Kier alpha value is -4.08. The van der Waals surface area contributed by atoms with Crippen LogP contribution in [0.1, 0.15) is 32.1 Å². The summed E-state index contributed by atoms with van der Waals surface area (Å²) in [5.41, 5.74) is 2.74. The van der Waals surface area contributed by atoms with E-state index in [9.17, 15) is 9.18 Å². The summed E-state index contributed by atoms with van der Waals surface area (Å²) in [4.78, 5) is 31.2. The van der Waals surface area contributed by atoms with Crippen LogP contribution in [0, 0.1) is 11.7 Å². The number of ether oxygens (including phenoxy) is 2. The molecule has 3 heterocycles. The zero-order valence-corrected chi connectivity index (χ0v) is 19.1. The number of carbonyl (C=O) groups is 1. The number of aliphatic carboxylic acids is 1. The minimum absolute atomic E-state index is 0.0270. The van der Waals surface area contributed by atoms with E-state index in [0.717, 1.165) is 25.7 Å². The number of fused-ring (bicyclic) bond motifs is 1. The van der Waals surface area contributed by atoms with Gasteiger partial charge in [-0.25, -0.2) is 19.3 Å². The molecule has 0 spiro atoms. The average molecular weight is 477 g/mol. The van der Waals surface area contributed by atoms with Crippen LogP contribution in [-0.2, 0) is 4.79 Å². The van der Waals surface area contributed by atoms with Gasteiger partial charge in [0, 0.05) is 30.4 Å². The summed E-state index contributed by atoms with van der Waals surface area (Å²) in [6, 6.07) is 8.57. The highest BCUT2D eigenvalue weighted by Crippen LogP contribution is 2.30. The Bertz CT molecular complexity index is 1350. The number of nitrogens with one attached hydrogen (secondary N) is 1. The average Bonchev–Trinajstić information content (AvgIpc) is 3.28. The first-order valence-electron chi connectivity index (χ1n) is 11.4. The second-order valence-electron chi connectivity index (χ2n) is 8.61. The number of rotatable bonds is 7. The van der Waals surface area contributed by atoms with E-state index in [-0.39, 0.29) is 24.5 Å². The molecule has 2 N–H and O–H groups in total. The fraction of sp³-hybridized carbons (Fsp3) is 0.320. The Morgan fingerprint density at radius 2 is 1.86 bits per heavy atom. The summed E-state index contributed by atoms with van der Waals surface area (Å²) < 4.78 is 26.0. The van der Waals surface area contributed by atoms with Crippen molar-refractivity contribution < 1.29 is 23.8 Å². The number of halogens is 1. The smallest absolute Gasteiger partial charge is 0.316 e. The maximum atomic E-state index is 15.0. The van der Waals surface area contributed by atoms with Crippen molar-refractivity contribution in [3.8, 4) is 34.4 Å². The van der Waals surface area contributed by atoms with Gasteiger partial charge in [0.25, 0.3) is 0 Å². The molecule has 1 aliphatic carbocycles. The van der Waals surface area contributed by atoms with Gasteiger partial charge in [-0.2, -0.15) is 4.98 Å². The lowest BCUT2D eigenvalue weighted by molar-refractivity contribution is -0.138. The molecule has 0 atom stereocenters. The minimum atomic E-state index is -0.756. The predicted molar refractivity (Wildman–Crippen MR) is 125 cm³/mol. The third-order valence-electron chi connectivity index (χ3n) is 6.24. The van der Waals surface area contributed by atoms with Crippen molar-refractivity contribution in [1.29, 1.82) is 0 Å². The molecule has 1 saturated carbocycles. The Labute approximate surface area is 200 Å². The molecule has 3 aromatic heterocycles. The van der Waals surface area contributed by atoms with Gasteiger partial charge in [-0.1, -0.05) is 6.07 Å². The number of carboxylic acid groups (broad SMARTS) is 1. The lowest BCUT2D eigenvalue weighted by Gasteiger charge is -2.27. The number of imidazole rings is 1. The molecule has 0 amide bonds. The first-order valence-corrected chi connectivity index (χ1v) is 11.4. The van der Waals surface area contributed by atoms with Gasteiger partial charge < -0.3 is 19.6 Å². The monoisotopic (exact) mass is 477 g/mol. The summed E-state index contributed by atoms with van der Waals surface area (Å²) in [5, 5.41) is 8.94. The standard InChI is InChI=1S/C25H24FN5O4/c1-34-21-9-8-20-24(30-21)31-23(29-20)18-7-4-15(11-19(18)26)16-12-27-25(28-13-16)35-17-5-2-14(3-6-17)10-22(32)33/h4,7-9,11-14,17H,2-3,5-6,10H2,1H3,(H,32,33)(H,29,30,31)/t14-,17+. The van der Waals surface area contributed by atoms with Crippen LogP contribution in [-0.4, -0.2) is 49.2 Å². The van der Waals surface area contributed by atoms with Crippen LogP contribution in [0.2, 0.25) is 0 Å². The molecule has 1 aliphatic rings. The van der Waals surface area contributed by atoms with Crippen LogP contribution in [0.3, 0.4) is 0 Å². The van der Waals surface area contributed by atoms with Gasteiger partial charge in [-0.05, 0) is 55.4 Å². The predicted octanol–water partition coefficient (Wildman–Crippen LogP) is 4.64. The third kappa shape index (κ3) is 5.06. The molecule has 4 aromatic rings. The van der Waals surface area contributed by atoms with E-state index in [1.807, 2.05) is 0 Å². The number of hydrogen-bond donors (Lipinski definition) is 2. The van der Waals surface area contributed by atoms with Gasteiger partial charge in [0.15, 0.2) is 5.65 Å². The zero-order valence-electron chi connectivity index (χ0n) is 19.1. The number of H-pyrrole nitrogens is 1. The summed E-state index contributed by atoms with van der Waals surface area (Å²) in [7, 11) is 1.53. The first-order chi connectivity index (χ1) is 17.0. The highest BCUT2D eigenvalue weighted by molar-refractivity contribution is 5.77. The molecule has 5 rings (SSSR count). The van der Waals surface area contributed by atoms with Crippen molar-refractivity contribution in [2.75, 3.05) is 7.11 Å². The zero-order chi connectivity index (χ0) is 24.4. The molecule has 0 saturated heterocycles. The van der Waals surface area contributed by atoms with Crippen molar-refractivity contribution >= 4 is 17.1 Å². The number of benzene rings is 1. The minimum Gasteiger partial charge on any atom is -0.481 e. The van der Waals surface area contributed by atoms with E-state index in [1.165, 1.54) is 13.2 Å². The summed E-state index contributed by atoms with van der Waals surface area (Å²) in [6.45, 7) is 0. The van der Waals surface area contributed by atoms with E-state index in [0.29, 0.717) is 39.6 Å². The van der Waals surface area contributed by atoms with Crippen LogP contribution in [0.25, 0.3) is 33.7 Å². The normalized spacial score (nSPS) is 17.9. The summed E-state index contributed by atoms with van der Waals surface area (Å²) >= 11 is 0. The molecule has 1 fully saturated rings. The molecule has 180 valence electrons. The SMILES string of the molecule is COc1ccc2nc(-c3ccc(-c4cnc(O[C@H]5CC[C@@H](CC(=O)O)CC5)nc4)cc3F)[nH]c2n1. The number of nitrogens with zero attached hydrogens (tertiary/aromatic N) is 4. The molecular formula is C25H24FN5O4. The van der Waals surface area contributed by atoms with Crippen LogP contribution < -0.4 is 9.47 Å². The molecule has 0 unspecified atom stereocenters. The topological polar surface area (TPSA) is 123 Å². The number of aromatic nitrogens is 5. The van der Waals surface area contributed by atoms with E-state index in [4.69, 9.17) is 14.6 Å². The number of methoxy groups -OCH3 is 1. The van der Waals surface area contributed by atoms with Crippen LogP contribution >= 0.6 is 0 Å². The lowest BCUT2D eigenvalue weighted by Crippen LogP contribution is -2.25. The van der Waals surface area contributed by atoms with Gasteiger partial charge in [0.1, 0.15) is 23.3 Å². The van der Waals surface area contributed by atoms with E-state index >= 15 is 0 Å². The summed E-state index contributed by atoms with van der Waals surface area (Å²) in [6.07, 6.45) is 6.56. The van der Waals surface area contributed by atoms with Crippen molar-refractivity contribution in [1.82, 2.24) is 24.9 Å². The van der Waals surface area contributed by atoms with Crippen LogP contribution in [0.5, 0.6) is 11.9 Å². The van der Waals surface area contributed by atoms with E-state index < -0.39 is 11.8 Å².